The molecule has 0 fully saturated rings. The van der Waals surface area contributed by atoms with Crippen molar-refractivity contribution in [2.45, 2.75) is 12.4 Å². The summed E-state index contributed by atoms with van der Waals surface area (Å²) in [4.78, 5) is 14.7. The first-order valence-corrected chi connectivity index (χ1v) is 18.0. The van der Waals surface area contributed by atoms with Crippen molar-refractivity contribution in [2.75, 3.05) is 0 Å². The van der Waals surface area contributed by atoms with E-state index in [1.165, 1.54) is 18.2 Å². The van der Waals surface area contributed by atoms with E-state index in [4.69, 9.17) is 15.0 Å². The number of hydrogen-bond donors (Lipinski definition) is 0. The van der Waals surface area contributed by atoms with Gasteiger partial charge in [0.1, 0.15) is 5.82 Å². The van der Waals surface area contributed by atoms with Gasteiger partial charge < -0.3 is 4.57 Å². The highest BCUT2D eigenvalue weighted by atomic mass is 19.4. The summed E-state index contributed by atoms with van der Waals surface area (Å²) in [6.07, 6.45) is -10.0. The molecule has 0 aliphatic rings. The van der Waals surface area contributed by atoms with E-state index in [-0.39, 0.29) is 17.5 Å². The van der Waals surface area contributed by atoms with Gasteiger partial charge in [-0.25, -0.2) is 19.3 Å². The summed E-state index contributed by atoms with van der Waals surface area (Å²) in [6.45, 7) is 0. The van der Waals surface area contributed by atoms with E-state index < -0.39 is 34.9 Å². The molecule has 4 nitrogen and oxygen atoms in total. The first-order chi connectivity index (χ1) is 27.9. The highest BCUT2D eigenvalue weighted by molar-refractivity contribution is 6.10. The molecule has 0 saturated carbocycles. The smallest absolute Gasteiger partial charge is 0.309 e. The average Bonchev–Trinajstić information content (AvgIpc) is 3.57. The molecule has 0 saturated heterocycles. The van der Waals surface area contributed by atoms with Gasteiger partial charge in [0.2, 0.25) is 0 Å². The van der Waals surface area contributed by atoms with Gasteiger partial charge in [0.05, 0.1) is 22.2 Å². The third-order valence-electron chi connectivity index (χ3n) is 9.97. The van der Waals surface area contributed by atoms with Crippen LogP contribution in [0.4, 0.5) is 30.7 Å². The first kappa shape index (κ1) is 36.5. The van der Waals surface area contributed by atoms with Gasteiger partial charge in [-0.3, -0.25) is 0 Å². The zero-order valence-electron chi connectivity index (χ0n) is 30.0. The summed E-state index contributed by atoms with van der Waals surface area (Å²) < 4.78 is 101. The van der Waals surface area contributed by atoms with Gasteiger partial charge in [0.15, 0.2) is 17.5 Å². The standard InChI is InChI=1S/C47H27F7N4/c48-33-15-9-14-30(24-33)35-23-20-34(27-39(35)45-56-43(28-10-3-1-4-11-28)55-44(57-45)29-12-5-2-6-13-29)58-41-17-8-7-16-37(41)38-21-18-31(25-42(38)58)36-22-19-32(46(49,50)51)26-40(36)47(52,53)54/h1-27H. The molecule has 0 bridgehead atoms. The molecular weight excluding hydrogens is 754 g/mol. The van der Waals surface area contributed by atoms with Crippen LogP contribution in [0.1, 0.15) is 11.1 Å². The zero-order valence-corrected chi connectivity index (χ0v) is 30.0. The zero-order chi connectivity index (χ0) is 40.2. The van der Waals surface area contributed by atoms with Crippen molar-refractivity contribution in [3.63, 3.8) is 0 Å². The lowest BCUT2D eigenvalue weighted by Crippen LogP contribution is -2.12. The quantitative estimate of drug-likeness (QED) is 0.158. The Kier molecular flexibility index (Phi) is 8.88. The van der Waals surface area contributed by atoms with Crippen molar-refractivity contribution in [3.8, 4) is 62.1 Å². The second kappa shape index (κ2) is 14.1. The molecule has 7 aromatic carbocycles. The summed E-state index contributed by atoms with van der Waals surface area (Å²) in [5, 5.41) is 1.50. The number of benzene rings is 7. The van der Waals surface area contributed by atoms with Crippen molar-refractivity contribution >= 4 is 21.8 Å². The topological polar surface area (TPSA) is 43.6 Å². The minimum atomic E-state index is -5.07. The lowest BCUT2D eigenvalue weighted by molar-refractivity contribution is -0.142. The van der Waals surface area contributed by atoms with E-state index >= 15 is 0 Å². The molecule has 284 valence electrons. The third-order valence-corrected chi connectivity index (χ3v) is 9.97. The minimum Gasteiger partial charge on any atom is -0.309 e. The molecule has 0 aliphatic heterocycles. The Balaban J connectivity index is 1.31. The summed E-state index contributed by atoms with van der Waals surface area (Å²) >= 11 is 0. The van der Waals surface area contributed by atoms with Gasteiger partial charge in [0, 0.05) is 33.2 Å². The van der Waals surface area contributed by atoms with Gasteiger partial charge in [0.25, 0.3) is 0 Å². The molecular formula is C47H27F7N4. The van der Waals surface area contributed by atoms with Gasteiger partial charge in [-0.15, -0.1) is 0 Å². The third kappa shape index (κ3) is 6.74. The SMILES string of the molecule is Fc1cccc(-c2ccc(-n3c4ccccc4c4ccc(-c5ccc(C(F)(F)F)cc5C(F)(F)F)cc43)cc2-c2nc(-c3ccccc3)nc(-c3ccccc3)n2)c1. The highest BCUT2D eigenvalue weighted by Gasteiger charge is 2.38. The molecule has 2 aromatic heterocycles. The number of halogens is 7. The van der Waals surface area contributed by atoms with E-state index in [9.17, 15) is 30.7 Å². The highest BCUT2D eigenvalue weighted by Crippen LogP contribution is 2.43. The molecule has 9 rings (SSSR count). The maximum atomic E-state index is 14.8. The van der Waals surface area contributed by atoms with Crippen molar-refractivity contribution in [1.29, 1.82) is 0 Å². The molecule has 11 heteroatoms. The second-order valence-electron chi connectivity index (χ2n) is 13.6. The maximum Gasteiger partial charge on any atom is 0.417 e. The van der Waals surface area contributed by atoms with E-state index in [1.807, 2.05) is 108 Å². The molecule has 0 amide bonds. The number of para-hydroxylation sites is 1. The van der Waals surface area contributed by atoms with E-state index in [0.717, 1.165) is 22.6 Å². The Labute approximate surface area is 326 Å². The summed E-state index contributed by atoms with van der Waals surface area (Å²) in [5.41, 5.74) is 1.83. The van der Waals surface area contributed by atoms with Gasteiger partial charge in [-0.2, -0.15) is 26.3 Å². The normalized spacial score (nSPS) is 12.1. The first-order valence-electron chi connectivity index (χ1n) is 18.0. The summed E-state index contributed by atoms with van der Waals surface area (Å²) in [5.74, 6) is 0.640. The predicted octanol–water partition coefficient (Wildman–Crippen LogP) is 13.5. The Morgan fingerprint density at radius 1 is 0.397 bits per heavy atom. The number of alkyl halides is 6. The molecule has 58 heavy (non-hydrogen) atoms. The number of nitrogens with zero attached hydrogens (tertiary/aromatic N) is 4. The van der Waals surface area contributed by atoms with Crippen LogP contribution in [-0.4, -0.2) is 19.5 Å². The van der Waals surface area contributed by atoms with E-state index in [2.05, 4.69) is 0 Å². The van der Waals surface area contributed by atoms with Crippen molar-refractivity contribution < 1.29 is 30.7 Å². The van der Waals surface area contributed by atoms with Crippen LogP contribution in [0.3, 0.4) is 0 Å². The number of rotatable bonds is 6. The molecule has 9 aromatic rings. The largest absolute Gasteiger partial charge is 0.417 e. The summed E-state index contributed by atoms with van der Waals surface area (Å²) in [6, 6.07) is 44.2. The number of aromatic nitrogens is 4. The fourth-order valence-electron chi connectivity index (χ4n) is 7.32. The molecule has 0 N–H and O–H groups in total. The Morgan fingerprint density at radius 2 is 0.983 bits per heavy atom. The van der Waals surface area contributed by atoms with Crippen LogP contribution in [0.15, 0.2) is 164 Å². The minimum absolute atomic E-state index is 0.0756. The lowest BCUT2D eigenvalue weighted by Gasteiger charge is -2.17. The molecule has 0 aliphatic carbocycles. The molecule has 0 atom stereocenters. The van der Waals surface area contributed by atoms with E-state index in [0.29, 0.717) is 56.5 Å². The second-order valence-corrected chi connectivity index (χ2v) is 13.6. The number of fused-ring (bicyclic) bond motifs is 3. The van der Waals surface area contributed by atoms with Gasteiger partial charge >= 0.3 is 12.4 Å². The van der Waals surface area contributed by atoms with Gasteiger partial charge in [-0.1, -0.05) is 115 Å². The molecule has 2 heterocycles. The Bertz CT molecular complexity index is 2930. The Hall–Kier alpha value is -7.14. The average molecular weight is 781 g/mol. The van der Waals surface area contributed by atoms with Crippen LogP contribution in [0, 0.1) is 5.82 Å². The van der Waals surface area contributed by atoms with Crippen LogP contribution in [0.25, 0.3) is 83.9 Å². The lowest BCUT2D eigenvalue weighted by atomic mass is 9.96. The summed E-state index contributed by atoms with van der Waals surface area (Å²) in [7, 11) is 0. The Morgan fingerprint density at radius 3 is 1.64 bits per heavy atom. The van der Waals surface area contributed by atoms with Crippen LogP contribution in [-0.2, 0) is 12.4 Å². The maximum absolute atomic E-state index is 14.8. The fraction of sp³-hybridized carbons (Fsp3) is 0.0426. The monoisotopic (exact) mass is 780 g/mol. The predicted molar refractivity (Wildman–Crippen MR) is 211 cm³/mol. The molecule has 0 unspecified atom stereocenters. The van der Waals surface area contributed by atoms with Gasteiger partial charge in [-0.05, 0) is 70.8 Å². The molecule has 0 radical (unpaired) electrons. The van der Waals surface area contributed by atoms with E-state index in [1.54, 1.807) is 24.3 Å². The van der Waals surface area contributed by atoms with Crippen molar-refractivity contribution in [3.05, 3.63) is 181 Å². The van der Waals surface area contributed by atoms with Crippen LogP contribution < -0.4 is 0 Å². The fourth-order valence-corrected chi connectivity index (χ4v) is 7.32. The van der Waals surface area contributed by atoms with Crippen molar-refractivity contribution in [2.24, 2.45) is 0 Å². The van der Waals surface area contributed by atoms with Crippen LogP contribution in [0.5, 0.6) is 0 Å². The molecule has 0 spiro atoms. The van der Waals surface area contributed by atoms with Crippen LogP contribution in [0.2, 0.25) is 0 Å². The van der Waals surface area contributed by atoms with Crippen LogP contribution >= 0.6 is 0 Å². The number of hydrogen-bond acceptors (Lipinski definition) is 3. The van der Waals surface area contributed by atoms with Crippen molar-refractivity contribution in [1.82, 2.24) is 19.5 Å².